The molecule has 0 radical (unpaired) electrons. The van der Waals surface area contributed by atoms with E-state index in [1.807, 2.05) is 54.6 Å². The molecule has 0 aliphatic heterocycles. The molecule has 0 saturated heterocycles. The van der Waals surface area contributed by atoms with Crippen LogP contribution in [0.3, 0.4) is 0 Å². The Kier molecular flexibility index (Phi) is 7.12. The number of methoxy groups -OCH3 is 2. The van der Waals surface area contributed by atoms with Crippen LogP contribution >= 0.6 is 22.6 Å². The molecule has 4 rings (SSSR count). The number of ether oxygens (including phenoxy) is 3. The van der Waals surface area contributed by atoms with Crippen LogP contribution < -0.4 is 9.47 Å². The molecule has 0 aliphatic rings. The highest BCUT2D eigenvalue weighted by atomic mass is 127. The van der Waals surface area contributed by atoms with Crippen molar-refractivity contribution in [1.82, 2.24) is 0 Å². The fourth-order valence-corrected chi connectivity index (χ4v) is 4.42. The van der Waals surface area contributed by atoms with Gasteiger partial charge in [-0.15, -0.1) is 0 Å². The predicted molar refractivity (Wildman–Crippen MR) is 136 cm³/mol. The van der Waals surface area contributed by atoms with E-state index < -0.39 is 5.60 Å². The van der Waals surface area contributed by atoms with Gasteiger partial charge in [0, 0.05) is 3.57 Å². The van der Waals surface area contributed by atoms with Crippen LogP contribution in [0.15, 0.2) is 103 Å². The first-order valence-corrected chi connectivity index (χ1v) is 11.5. The Bertz CT molecular complexity index is 1090. The SMILES string of the molecule is COc1ccc(C(OCc2ccccc2I)(c2ccccc2)c2ccc(OC)cc2)cc1. The maximum Gasteiger partial charge on any atom is 0.144 e. The van der Waals surface area contributed by atoms with Crippen LogP contribution in [0.4, 0.5) is 0 Å². The first kappa shape index (κ1) is 22.4. The summed E-state index contributed by atoms with van der Waals surface area (Å²) in [6, 6.07) is 34.9. The number of rotatable bonds is 8. The van der Waals surface area contributed by atoms with Crippen molar-refractivity contribution in [2.45, 2.75) is 12.2 Å². The summed E-state index contributed by atoms with van der Waals surface area (Å²) in [6.45, 7) is 0.464. The van der Waals surface area contributed by atoms with Gasteiger partial charge in [-0.05, 0) is 75.2 Å². The van der Waals surface area contributed by atoms with Crippen molar-refractivity contribution >= 4 is 22.6 Å². The van der Waals surface area contributed by atoms with E-state index >= 15 is 0 Å². The molecule has 0 amide bonds. The van der Waals surface area contributed by atoms with Gasteiger partial charge in [-0.2, -0.15) is 0 Å². The second-order valence-corrected chi connectivity index (χ2v) is 8.55. The zero-order valence-electron chi connectivity index (χ0n) is 18.1. The minimum Gasteiger partial charge on any atom is -0.497 e. The van der Waals surface area contributed by atoms with Crippen molar-refractivity contribution in [2.75, 3.05) is 14.2 Å². The molecule has 4 aromatic rings. The topological polar surface area (TPSA) is 27.7 Å². The summed E-state index contributed by atoms with van der Waals surface area (Å²) in [5.74, 6) is 1.62. The second-order valence-electron chi connectivity index (χ2n) is 7.38. The quantitative estimate of drug-likeness (QED) is 0.183. The number of hydrogen-bond acceptors (Lipinski definition) is 3. The average molecular weight is 536 g/mol. The normalized spacial score (nSPS) is 11.2. The molecule has 0 saturated carbocycles. The molecule has 0 N–H and O–H groups in total. The van der Waals surface area contributed by atoms with Crippen molar-refractivity contribution in [1.29, 1.82) is 0 Å². The number of halogens is 1. The second kappa shape index (κ2) is 10.2. The van der Waals surface area contributed by atoms with Gasteiger partial charge in [0.05, 0.1) is 20.8 Å². The van der Waals surface area contributed by atoms with Crippen LogP contribution in [-0.2, 0) is 16.9 Å². The van der Waals surface area contributed by atoms with Gasteiger partial charge < -0.3 is 14.2 Å². The molecule has 0 bridgehead atoms. The van der Waals surface area contributed by atoms with E-state index in [9.17, 15) is 0 Å². The molecular weight excluding hydrogens is 511 g/mol. The third-order valence-electron chi connectivity index (χ3n) is 5.58. The Hall–Kier alpha value is -2.83. The molecule has 0 spiro atoms. The Labute approximate surface area is 203 Å². The molecule has 0 fully saturated rings. The number of benzene rings is 4. The van der Waals surface area contributed by atoms with E-state index in [1.165, 1.54) is 3.57 Å². The molecule has 0 unspecified atom stereocenters. The van der Waals surface area contributed by atoms with E-state index in [2.05, 4.69) is 71.1 Å². The molecule has 0 heterocycles. The van der Waals surface area contributed by atoms with Crippen LogP contribution in [0, 0.1) is 3.57 Å². The summed E-state index contributed by atoms with van der Waals surface area (Å²) >= 11 is 2.36. The summed E-state index contributed by atoms with van der Waals surface area (Å²) in [4.78, 5) is 0. The van der Waals surface area contributed by atoms with Crippen molar-refractivity contribution in [3.63, 3.8) is 0 Å². The van der Waals surface area contributed by atoms with Crippen molar-refractivity contribution < 1.29 is 14.2 Å². The van der Waals surface area contributed by atoms with Crippen LogP contribution in [0.2, 0.25) is 0 Å². The highest BCUT2D eigenvalue weighted by Crippen LogP contribution is 2.42. The van der Waals surface area contributed by atoms with Crippen molar-refractivity contribution in [3.05, 3.63) is 129 Å². The molecule has 0 aromatic heterocycles. The molecule has 0 atom stereocenters. The summed E-state index contributed by atoms with van der Waals surface area (Å²) in [7, 11) is 3.35. The fraction of sp³-hybridized carbons (Fsp3) is 0.143. The van der Waals surface area contributed by atoms with Crippen LogP contribution in [0.1, 0.15) is 22.3 Å². The van der Waals surface area contributed by atoms with Gasteiger partial charge >= 0.3 is 0 Å². The highest BCUT2D eigenvalue weighted by Gasteiger charge is 2.38. The average Bonchev–Trinajstić information content (AvgIpc) is 2.87. The molecule has 4 heteroatoms. The lowest BCUT2D eigenvalue weighted by atomic mass is 9.80. The minimum absolute atomic E-state index is 0.464. The summed E-state index contributed by atoms with van der Waals surface area (Å²) in [5, 5.41) is 0. The van der Waals surface area contributed by atoms with Crippen molar-refractivity contribution in [3.8, 4) is 11.5 Å². The number of hydrogen-bond donors (Lipinski definition) is 0. The first-order valence-electron chi connectivity index (χ1n) is 10.4. The molecule has 4 aromatic carbocycles. The zero-order chi connectivity index (χ0) is 22.4. The van der Waals surface area contributed by atoms with Gasteiger partial charge in [-0.1, -0.05) is 72.8 Å². The molecule has 3 nitrogen and oxygen atoms in total. The standard InChI is InChI=1S/C28H25IO3/c1-30-25-16-12-23(13-17-25)28(22-9-4-3-5-10-22,24-14-18-26(31-2)19-15-24)32-20-21-8-6-7-11-27(21)29/h3-19H,20H2,1-2H3. The lowest BCUT2D eigenvalue weighted by Gasteiger charge is -2.36. The summed E-state index contributed by atoms with van der Waals surface area (Å²) in [5.41, 5.74) is 3.46. The summed E-state index contributed by atoms with van der Waals surface area (Å²) in [6.07, 6.45) is 0. The maximum atomic E-state index is 6.92. The lowest BCUT2D eigenvalue weighted by molar-refractivity contribution is -0.000113. The van der Waals surface area contributed by atoms with Gasteiger partial charge in [0.25, 0.3) is 0 Å². The Balaban J connectivity index is 1.90. The molecule has 162 valence electrons. The van der Waals surface area contributed by atoms with Gasteiger partial charge in [0.1, 0.15) is 17.1 Å². The predicted octanol–water partition coefficient (Wildman–Crippen LogP) is 6.82. The largest absolute Gasteiger partial charge is 0.497 e. The zero-order valence-corrected chi connectivity index (χ0v) is 20.3. The van der Waals surface area contributed by atoms with E-state index in [4.69, 9.17) is 14.2 Å². The van der Waals surface area contributed by atoms with Gasteiger partial charge in [0.2, 0.25) is 0 Å². The summed E-state index contributed by atoms with van der Waals surface area (Å²) < 4.78 is 18.9. The van der Waals surface area contributed by atoms with Gasteiger partial charge in [-0.25, -0.2) is 0 Å². The van der Waals surface area contributed by atoms with Crippen molar-refractivity contribution in [2.24, 2.45) is 0 Å². The Morgan fingerprint density at radius 1 is 0.594 bits per heavy atom. The monoisotopic (exact) mass is 536 g/mol. The minimum atomic E-state index is -0.807. The molecule has 0 aliphatic carbocycles. The van der Waals surface area contributed by atoms with Crippen LogP contribution in [0.25, 0.3) is 0 Å². The third-order valence-corrected chi connectivity index (χ3v) is 6.63. The van der Waals surface area contributed by atoms with E-state index in [-0.39, 0.29) is 0 Å². The van der Waals surface area contributed by atoms with E-state index in [0.29, 0.717) is 6.61 Å². The van der Waals surface area contributed by atoms with E-state index in [1.54, 1.807) is 14.2 Å². The Morgan fingerprint density at radius 2 is 1.06 bits per heavy atom. The highest BCUT2D eigenvalue weighted by molar-refractivity contribution is 14.1. The molecular formula is C28H25IO3. The first-order chi connectivity index (χ1) is 15.7. The van der Waals surface area contributed by atoms with E-state index in [0.717, 1.165) is 33.8 Å². The smallest absolute Gasteiger partial charge is 0.144 e. The van der Waals surface area contributed by atoms with Gasteiger partial charge in [-0.3, -0.25) is 0 Å². The molecule has 32 heavy (non-hydrogen) atoms. The fourth-order valence-electron chi connectivity index (χ4n) is 3.88. The van der Waals surface area contributed by atoms with Gasteiger partial charge in [0.15, 0.2) is 0 Å². The lowest BCUT2D eigenvalue weighted by Crippen LogP contribution is -2.33. The van der Waals surface area contributed by atoms with Crippen LogP contribution in [0.5, 0.6) is 11.5 Å². The van der Waals surface area contributed by atoms with Crippen LogP contribution in [-0.4, -0.2) is 14.2 Å². The maximum absolute atomic E-state index is 6.92. The Morgan fingerprint density at radius 3 is 1.56 bits per heavy atom. The third kappa shape index (κ3) is 4.52.